The number of carboxylic acid groups (broad SMARTS) is 1. The van der Waals surface area contributed by atoms with Gasteiger partial charge in [-0.25, -0.2) is 4.79 Å². The lowest BCUT2D eigenvalue weighted by Crippen LogP contribution is -2.34. The first-order valence-corrected chi connectivity index (χ1v) is 8.55. The maximum absolute atomic E-state index is 12.2. The van der Waals surface area contributed by atoms with Crippen LogP contribution in [0, 0.1) is 11.8 Å². The van der Waals surface area contributed by atoms with Gasteiger partial charge in [-0.1, -0.05) is 6.92 Å². The molecule has 2 aliphatic rings. The Balaban J connectivity index is 1.62. The first-order valence-electron chi connectivity index (χ1n) is 8.55. The summed E-state index contributed by atoms with van der Waals surface area (Å²) < 4.78 is 0. The smallest absolute Gasteiger partial charge is 0.321 e. The van der Waals surface area contributed by atoms with Crippen molar-refractivity contribution < 1.29 is 19.5 Å². The summed E-state index contributed by atoms with van der Waals surface area (Å²) in [6.07, 6.45) is 1.49. The fourth-order valence-electron chi connectivity index (χ4n) is 3.32. The Labute approximate surface area is 146 Å². The summed E-state index contributed by atoms with van der Waals surface area (Å²) in [5, 5.41) is 11.8. The molecule has 7 heteroatoms. The van der Waals surface area contributed by atoms with E-state index in [2.05, 4.69) is 12.2 Å². The predicted octanol–water partition coefficient (Wildman–Crippen LogP) is 2.39. The molecule has 1 aliphatic carbocycles. The van der Waals surface area contributed by atoms with Crippen LogP contribution in [0.3, 0.4) is 0 Å². The molecule has 3 unspecified atom stereocenters. The van der Waals surface area contributed by atoms with E-state index in [0.29, 0.717) is 24.6 Å². The lowest BCUT2D eigenvalue weighted by atomic mass is 10.1. The van der Waals surface area contributed by atoms with Gasteiger partial charge in [0.05, 0.1) is 5.92 Å². The van der Waals surface area contributed by atoms with E-state index in [-0.39, 0.29) is 24.5 Å². The SMILES string of the molecule is CC(=O)N(c1ccc(NC(=O)N2CCC(C(=O)O)C2)cc1)C1CC1C. The van der Waals surface area contributed by atoms with Crippen LogP contribution in [-0.4, -0.2) is 47.0 Å². The molecular weight excluding hydrogens is 322 g/mol. The molecule has 1 aliphatic heterocycles. The molecule has 134 valence electrons. The molecule has 1 aromatic rings. The van der Waals surface area contributed by atoms with Crippen molar-refractivity contribution >= 4 is 29.3 Å². The van der Waals surface area contributed by atoms with Crippen molar-refractivity contribution in [2.45, 2.75) is 32.7 Å². The molecule has 7 nitrogen and oxygen atoms in total. The van der Waals surface area contributed by atoms with Crippen molar-refractivity contribution in [3.8, 4) is 0 Å². The Morgan fingerprint density at radius 3 is 2.36 bits per heavy atom. The van der Waals surface area contributed by atoms with Crippen molar-refractivity contribution in [1.82, 2.24) is 4.90 Å². The number of rotatable bonds is 4. The highest BCUT2D eigenvalue weighted by molar-refractivity contribution is 5.94. The monoisotopic (exact) mass is 345 g/mol. The second-order valence-electron chi connectivity index (χ2n) is 6.92. The van der Waals surface area contributed by atoms with Crippen LogP contribution in [0.5, 0.6) is 0 Å². The minimum absolute atomic E-state index is 0.0166. The zero-order valence-electron chi connectivity index (χ0n) is 14.4. The number of hydrogen-bond donors (Lipinski definition) is 2. The van der Waals surface area contributed by atoms with E-state index in [1.165, 1.54) is 4.90 Å². The lowest BCUT2D eigenvalue weighted by molar-refractivity contribution is -0.141. The molecule has 0 bridgehead atoms. The topological polar surface area (TPSA) is 90.0 Å². The van der Waals surface area contributed by atoms with Gasteiger partial charge in [-0.3, -0.25) is 9.59 Å². The summed E-state index contributed by atoms with van der Waals surface area (Å²) in [4.78, 5) is 38.4. The Kier molecular flexibility index (Phi) is 4.65. The van der Waals surface area contributed by atoms with Crippen LogP contribution in [0.2, 0.25) is 0 Å². The number of nitrogens with one attached hydrogen (secondary N) is 1. The van der Waals surface area contributed by atoms with Crippen LogP contribution >= 0.6 is 0 Å². The molecule has 3 atom stereocenters. The first-order chi connectivity index (χ1) is 11.9. The van der Waals surface area contributed by atoms with Crippen LogP contribution in [0.1, 0.15) is 26.7 Å². The molecule has 3 rings (SSSR count). The fraction of sp³-hybridized carbons (Fsp3) is 0.500. The van der Waals surface area contributed by atoms with E-state index >= 15 is 0 Å². The number of urea groups is 1. The number of anilines is 2. The molecule has 1 saturated carbocycles. The lowest BCUT2D eigenvalue weighted by Gasteiger charge is -2.22. The van der Waals surface area contributed by atoms with Gasteiger partial charge in [0.25, 0.3) is 0 Å². The van der Waals surface area contributed by atoms with Crippen LogP contribution in [0.15, 0.2) is 24.3 Å². The molecule has 3 amide bonds. The van der Waals surface area contributed by atoms with Gasteiger partial charge in [0.1, 0.15) is 0 Å². The third-order valence-corrected chi connectivity index (χ3v) is 4.96. The van der Waals surface area contributed by atoms with Crippen LogP contribution in [-0.2, 0) is 9.59 Å². The van der Waals surface area contributed by atoms with E-state index in [1.54, 1.807) is 24.0 Å². The Bertz CT molecular complexity index is 688. The number of hydrogen-bond acceptors (Lipinski definition) is 3. The van der Waals surface area contributed by atoms with Gasteiger partial charge in [0, 0.05) is 37.4 Å². The number of carbonyl (C=O) groups excluding carboxylic acids is 2. The summed E-state index contributed by atoms with van der Waals surface area (Å²) in [6.45, 7) is 4.36. The van der Waals surface area contributed by atoms with E-state index in [1.807, 2.05) is 12.1 Å². The van der Waals surface area contributed by atoms with E-state index < -0.39 is 11.9 Å². The zero-order chi connectivity index (χ0) is 18.1. The Hall–Kier alpha value is -2.57. The zero-order valence-corrected chi connectivity index (χ0v) is 14.4. The van der Waals surface area contributed by atoms with Gasteiger partial charge < -0.3 is 20.2 Å². The summed E-state index contributed by atoms with van der Waals surface area (Å²) in [5.41, 5.74) is 1.45. The summed E-state index contributed by atoms with van der Waals surface area (Å²) in [7, 11) is 0. The van der Waals surface area contributed by atoms with Gasteiger partial charge in [-0.2, -0.15) is 0 Å². The number of nitrogens with zero attached hydrogens (tertiary/aromatic N) is 2. The van der Waals surface area contributed by atoms with Crippen molar-refractivity contribution in [1.29, 1.82) is 0 Å². The van der Waals surface area contributed by atoms with Crippen molar-refractivity contribution in [2.75, 3.05) is 23.3 Å². The highest BCUT2D eigenvalue weighted by Crippen LogP contribution is 2.38. The highest BCUT2D eigenvalue weighted by atomic mass is 16.4. The molecular formula is C18H23N3O4. The molecule has 2 fully saturated rings. The van der Waals surface area contributed by atoms with Gasteiger partial charge in [0.2, 0.25) is 5.91 Å². The van der Waals surface area contributed by atoms with Crippen LogP contribution in [0.25, 0.3) is 0 Å². The average molecular weight is 345 g/mol. The number of aliphatic carboxylic acids is 1. The molecule has 0 radical (unpaired) electrons. The fourth-order valence-corrected chi connectivity index (χ4v) is 3.32. The normalized spacial score (nSPS) is 24.7. The van der Waals surface area contributed by atoms with Crippen molar-refractivity contribution in [3.63, 3.8) is 0 Å². The minimum atomic E-state index is -0.863. The Morgan fingerprint density at radius 1 is 1.24 bits per heavy atom. The van der Waals surface area contributed by atoms with Gasteiger partial charge in [0.15, 0.2) is 0 Å². The quantitative estimate of drug-likeness (QED) is 0.877. The van der Waals surface area contributed by atoms with Gasteiger partial charge >= 0.3 is 12.0 Å². The van der Waals surface area contributed by atoms with E-state index in [4.69, 9.17) is 5.11 Å². The Morgan fingerprint density at radius 2 is 1.88 bits per heavy atom. The number of carboxylic acids is 1. The highest BCUT2D eigenvalue weighted by Gasteiger charge is 2.40. The van der Waals surface area contributed by atoms with E-state index in [0.717, 1.165) is 12.1 Å². The number of likely N-dealkylation sites (tertiary alicyclic amines) is 1. The maximum atomic E-state index is 12.2. The van der Waals surface area contributed by atoms with Crippen LogP contribution in [0.4, 0.5) is 16.2 Å². The molecule has 1 saturated heterocycles. The molecule has 25 heavy (non-hydrogen) atoms. The second kappa shape index (κ2) is 6.74. The second-order valence-corrected chi connectivity index (χ2v) is 6.92. The van der Waals surface area contributed by atoms with Crippen molar-refractivity contribution in [2.24, 2.45) is 11.8 Å². The first kappa shape index (κ1) is 17.3. The van der Waals surface area contributed by atoms with E-state index in [9.17, 15) is 14.4 Å². The number of carbonyl (C=O) groups is 3. The van der Waals surface area contributed by atoms with Gasteiger partial charge in [-0.05, 0) is 43.0 Å². The number of amides is 3. The average Bonchev–Trinajstić information content (AvgIpc) is 3.07. The molecule has 0 spiro atoms. The molecule has 2 N–H and O–H groups in total. The maximum Gasteiger partial charge on any atom is 0.321 e. The summed E-state index contributed by atoms with van der Waals surface area (Å²) >= 11 is 0. The summed E-state index contributed by atoms with van der Waals surface area (Å²) in [5.74, 6) is -0.820. The summed E-state index contributed by atoms with van der Waals surface area (Å²) in [6, 6.07) is 7.14. The standard InChI is InChI=1S/C18H23N3O4/c1-11-9-16(11)21(12(2)22)15-5-3-14(4-6-15)19-18(25)20-8-7-13(10-20)17(23)24/h3-6,11,13,16H,7-10H2,1-2H3,(H,19,25)(H,23,24). The van der Waals surface area contributed by atoms with Gasteiger partial charge in [-0.15, -0.1) is 0 Å². The molecule has 1 heterocycles. The van der Waals surface area contributed by atoms with Crippen molar-refractivity contribution in [3.05, 3.63) is 24.3 Å². The minimum Gasteiger partial charge on any atom is -0.481 e. The largest absolute Gasteiger partial charge is 0.481 e. The third-order valence-electron chi connectivity index (χ3n) is 4.96. The molecule has 0 aromatic heterocycles. The third kappa shape index (κ3) is 3.75. The number of benzene rings is 1. The van der Waals surface area contributed by atoms with Crippen LogP contribution < -0.4 is 10.2 Å². The molecule has 1 aromatic carbocycles. The predicted molar refractivity (Wildman–Crippen MR) is 93.5 cm³/mol.